The molecule has 20 heavy (non-hydrogen) atoms. The molecule has 2 rings (SSSR count). The van der Waals surface area contributed by atoms with Gasteiger partial charge in [0.05, 0.1) is 4.47 Å². The summed E-state index contributed by atoms with van der Waals surface area (Å²) in [6.45, 7) is 5.80. The van der Waals surface area contributed by atoms with Crippen molar-refractivity contribution in [2.45, 2.75) is 33.4 Å². The van der Waals surface area contributed by atoms with Crippen LogP contribution < -0.4 is 5.32 Å². The van der Waals surface area contributed by atoms with E-state index in [1.807, 2.05) is 26.8 Å². The molecule has 0 saturated heterocycles. The molecule has 5 heteroatoms. The fourth-order valence-corrected chi connectivity index (χ4v) is 2.55. The number of furan rings is 1. The van der Waals surface area contributed by atoms with Gasteiger partial charge in [0.2, 0.25) is 0 Å². The van der Waals surface area contributed by atoms with Crippen LogP contribution in [0.1, 0.15) is 35.6 Å². The van der Waals surface area contributed by atoms with Crippen LogP contribution in [0.2, 0.25) is 0 Å². The maximum atomic E-state index is 13.9. The summed E-state index contributed by atoms with van der Waals surface area (Å²) < 4.78 is 33.2. The second-order valence-corrected chi connectivity index (χ2v) is 5.65. The highest BCUT2D eigenvalue weighted by Gasteiger charge is 2.16. The van der Waals surface area contributed by atoms with Gasteiger partial charge in [-0.2, -0.15) is 0 Å². The van der Waals surface area contributed by atoms with Crippen LogP contribution in [0.4, 0.5) is 8.78 Å². The van der Waals surface area contributed by atoms with Crippen molar-refractivity contribution in [3.05, 3.63) is 57.0 Å². The van der Waals surface area contributed by atoms with Crippen molar-refractivity contribution < 1.29 is 13.2 Å². The molecule has 2 nitrogen and oxygen atoms in total. The molecule has 0 amide bonds. The van der Waals surface area contributed by atoms with E-state index in [1.165, 1.54) is 12.1 Å². The van der Waals surface area contributed by atoms with Crippen LogP contribution >= 0.6 is 15.9 Å². The first-order chi connectivity index (χ1) is 9.40. The molecule has 1 atom stereocenters. The highest BCUT2D eigenvalue weighted by Crippen LogP contribution is 2.24. The second-order valence-electron chi connectivity index (χ2n) is 4.79. The summed E-state index contributed by atoms with van der Waals surface area (Å²) in [5, 5.41) is 3.12. The van der Waals surface area contributed by atoms with Gasteiger partial charge in [0, 0.05) is 23.7 Å². The predicted molar refractivity (Wildman–Crippen MR) is 77.5 cm³/mol. The molecule has 0 radical (unpaired) electrons. The lowest BCUT2D eigenvalue weighted by atomic mass is 10.1. The van der Waals surface area contributed by atoms with E-state index in [1.54, 1.807) is 0 Å². The largest absolute Gasteiger partial charge is 0.466 e. The number of rotatable bonds is 4. The average Bonchev–Trinajstić information content (AvgIpc) is 2.73. The van der Waals surface area contributed by atoms with Crippen molar-refractivity contribution in [1.82, 2.24) is 5.32 Å². The zero-order chi connectivity index (χ0) is 14.9. The van der Waals surface area contributed by atoms with Crippen molar-refractivity contribution in [1.29, 1.82) is 0 Å². The molecule has 1 unspecified atom stereocenters. The first kappa shape index (κ1) is 15.2. The van der Waals surface area contributed by atoms with Crippen LogP contribution in [-0.4, -0.2) is 0 Å². The molecule has 0 fully saturated rings. The minimum atomic E-state index is -0.565. The van der Waals surface area contributed by atoms with E-state index in [9.17, 15) is 8.78 Å². The van der Waals surface area contributed by atoms with Gasteiger partial charge >= 0.3 is 0 Å². The zero-order valence-electron chi connectivity index (χ0n) is 11.6. The van der Waals surface area contributed by atoms with Crippen molar-refractivity contribution in [2.75, 3.05) is 0 Å². The van der Waals surface area contributed by atoms with Crippen molar-refractivity contribution in [2.24, 2.45) is 0 Å². The highest BCUT2D eigenvalue weighted by molar-refractivity contribution is 9.10. The fourth-order valence-electron chi connectivity index (χ4n) is 2.18. The molecule has 108 valence electrons. The first-order valence-electron chi connectivity index (χ1n) is 6.33. The van der Waals surface area contributed by atoms with Gasteiger partial charge in [0.1, 0.15) is 23.2 Å². The Hall–Kier alpha value is -1.20. The van der Waals surface area contributed by atoms with E-state index >= 15 is 0 Å². The smallest absolute Gasteiger partial charge is 0.144 e. The third-order valence-corrected chi connectivity index (χ3v) is 3.88. The highest BCUT2D eigenvalue weighted by atomic mass is 79.9. The van der Waals surface area contributed by atoms with Gasteiger partial charge in [0.15, 0.2) is 0 Å². The van der Waals surface area contributed by atoms with E-state index in [2.05, 4.69) is 21.2 Å². The van der Waals surface area contributed by atoms with Crippen molar-refractivity contribution in [3.63, 3.8) is 0 Å². The average molecular weight is 344 g/mol. The first-order valence-corrected chi connectivity index (χ1v) is 7.12. The van der Waals surface area contributed by atoms with Gasteiger partial charge in [0.25, 0.3) is 0 Å². The molecule has 0 aliphatic rings. The summed E-state index contributed by atoms with van der Waals surface area (Å²) in [6.07, 6.45) is 0. The Kier molecular flexibility index (Phi) is 4.60. The van der Waals surface area contributed by atoms with E-state index in [4.69, 9.17) is 4.42 Å². The topological polar surface area (TPSA) is 25.2 Å². The fraction of sp³-hybridized carbons (Fsp3) is 0.333. The third kappa shape index (κ3) is 3.10. The van der Waals surface area contributed by atoms with Gasteiger partial charge < -0.3 is 9.73 Å². The van der Waals surface area contributed by atoms with E-state index in [-0.39, 0.29) is 22.6 Å². The normalized spacial score (nSPS) is 12.7. The molecular formula is C15H16BrF2NO. The summed E-state index contributed by atoms with van der Waals surface area (Å²) in [7, 11) is 0. The number of hydrogen-bond acceptors (Lipinski definition) is 2. The Morgan fingerprint density at radius 3 is 2.60 bits per heavy atom. The molecule has 1 aromatic carbocycles. The van der Waals surface area contributed by atoms with Crippen LogP contribution in [0, 0.1) is 25.5 Å². The van der Waals surface area contributed by atoms with Gasteiger partial charge in [-0.1, -0.05) is 0 Å². The lowest BCUT2D eigenvalue weighted by molar-refractivity contribution is 0.481. The number of hydrogen-bond donors (Lipinski definition) is 1. The molecule has 0 saturated carbocycles. The van der Waals surface area contributed by atoms with Gasteiger partial charge in [-0.05, 0) is 54.9 Å². The van der Waals surface area contributed by atoms with E-state index < -0.39 is 11.6 Å². The molecular weight excluding hydrogens is 328 g/mol. The lowest BCUT2D eigenvalue weighted by Crippen LogP contribution is -2.20. The minimum absolute atomic E-state index is 0.0316. The summed E-state index contributed by atoms with van der Waals surface area (Å²) >= 11 is 3.06. The van der Waals surface area contributed by atoms with Crippen LogP contribution in [-0.2, 0) is 6.54 Å². The molecule has 0 aliphatic carbocycles. The number of benzene rings is 1. The summed E-state index contributed by atoms with van der Waals surface area (Å²) in [5.74, 6) is 0.527. The lowest BCUT2D eigenvalue weighted by Gasteiger charge is -2.14. The number of nitrogens with one attached hydrogen (secondary N) is 1. The Morgan fingerprint density at radius 1 is 1.30 bits per heavy atom. The van der Waals surface area contributed by atoms with Crippen LogP contribution in [0.5, 0.6) is 0 Å². The standard InChI is InChI=1S/C15H16BrF2NO/c1-8-6-11(10(3)20-8)9(2)19-7-12-14(17)5-4-13(16)15(12)18/h4-6,9,19H,7H2,1-3H3. The van der Waals surface area contributed by atoms with E-state index in [0.29, 0.717) is 0 Å². The Morgan fingerprint density at radius 2 is 2.00 bits per heavy atom. The molecule has 1 N–H and O–H groups in total. The number of halogens is 3. The minimum Gasteiger partial charge on any atom is -0.466 e. The van der Waals surface area contributed by atoms with Gasteiger partial charge in [-0.15, -0.1) is 0 Å². The Bertz CT molecular complexity index is 625. The van der Waals surface area contributed by atoms with Gasteiger partial charge in [-0.25, -0.2) is 8.78 Å². The van der Waals surface area contributed by atoms with Crippen LogP contribution in [0.15, 0.2) is 27.1 Å². The summed E-state index contributed by atoms with van der Waals surface area (Å²) in [5.41, 5.74) is 1.03. The second kappa shape index (κ2) is 6.06. The van der Waals surface area contributed by atoms with Crippen LogP contribution in [0.3, 0.4) is 0 Å². The van der Waals surface area contributed by atoms with E-state index in [0.717, 1.165) is 17.1 Å². The number of aryl methyl sites for hydroxylation is 2. The Labute approximate surface area is 125 Å². The molecule has 0 bridgehead atoms. The Balaban J connectivity index is 2.13. The SMILES string of the molecule is Cc1cc(C(C)NCc2c(F)ccc(Br)c2F)c(C)o1. The third-order valence-electron chi connectivity index (χ3n) is 3.27. The summed E-state index contributed by atoms with van der Waals surface area (Å²) in [6, 6.07) is 4.49. The monoisotopic (exact) mass is 343 g/mol. The van der Waals surface area contributed by atoms with Crippen molar-refractivity contribution in [3.8, 4) is 0 Å². The molecule has 0 aliphatic heterocycles. The predicted octanol–water partition coefficient (Wildman–Crippen LogP) is 4.79. The van der Waals surface area contributed by atoms with Gasteiger partial charge in [-0.3, -0.25) is 0 Å². The molecule has 1 heterocycles. The quantitative estimate of drug-likeness (QED) is 0.807. The molecule has 2 aromatic rings. The van der Waals surface area contributed by atoms with Crippen molar-refractivity contribution >= 4 is 15.9 Å². The molecule has 0 spiro atoms. The maximum absolute atomic E-state index is 13.9. The maximum Gasteiger partial charge on any atom is 0.144 e. The molecule has 1 aromatic heterocycles. The van der Waals surface area contributed by atoms with Crippen LogP contribution in [0.25, 0.3) is 0 Å². The summed E-state index contributed by atoms with van der Waals surface area (Å²) in [4.78, 5) is 0. The zero-order valence-corrected chi connectivity index (χ0v) is 13.1.